The van der Waals surface area contributed by atoms with E-state index in [0.717, 1.165) is 23.3 Å². The van der Waals surface area contributed by atoms with E-state index >= 15 is 0 Å². The van der Waals surface area contributed by atoms with Crippen molar-refractivity contribution in [2.24, 2.45) is 0 Å². The third kappa shape index (κ3) is 23.6. The quantitative estimate of drug-likeness (QED) is 0.257. The maximum absolute atomic E-state index is 10.9. The van der Waals surface area contributed by atoms with Gasteiger partial charge in [0.15, 0.2) is 0 Å². The molecule has 0 aromatic heterocycles. The molecule has 9 heteroatoms. The number of esters is 2. The van der Waals surface area contributed by atoms with Crippen LogP contribution < -0.4 is 10.2 Å². The van der Waals surface area contributed by atoms with E-state index < -0.39 is 23.9 Å². The molecule has 35 heavy (non-hydrogen) atoms. The molecule has 0 heterocycles. The Morgan fingerprint density at radius 3 is 1.17 bits per heavy atom. The largest absolute Gasteiger partial charge is 2.00 e. The molecule has 0 unspecified atom stereocenters. The average Bonchev–Trinajstić information content (AvgIpc) is 2.87. The molecule has 0 amide bonds. The van der Waals surface area contributed by atoms with E-state index in [1.165, 1.54) is 0 Å². The summed E-state index contributed by atoms with van der Waals surface area (Å²) in [5.74, 6) is -4.26. The van der Waals surface area contributed by atoms with Gasteiger partial charge in [-0.3, -0.25) is 0 Å². The molecule has 0 fully saturated rings. The molecule has 0 spiro atoms. The molecular formula is C26H28O8Sn. The maximum Gasteiger partial charge on any atom is 2.00 e. The summed E-state index contributed by atoms with van der Waals surface area (Å²) in [6.07, 6.45) is 2.90. The van der Waals surface area contributed by atoms with Gasteiger partial charge in [-0.15, -0.1) is 0 Å². The standard InChI is InChI=1S/2C11H10O4.2C2H5.Sn/c2*12-10(13)6-7-11(14)15-8-9-4-2-1-3-5-9;2*1-2;/h2*1-7H,8H2,(H,12,13);2*1H2,2H3;/q;;;;+2/p-2/b2*7-6-;;;. The van der Waals surface area contributed by atoms with Crippen LogP contribution in [0.1, 0.15) is 25.0 Å². The van der Waals surface area contributed by atoms with Crippen LogP contribution in [-0.2, 0) is 41.9 Å². The molecular weight excluding hydrogens is 559 g/mol. The van der Waals surface area contributed by atoms with Crippen molar-refractivity contribution in [3.8, 4) is 0 Å². The third-order valence-electron chi connectivity index (χ3n) is 3.16. The number of carbonyl (C=O) groups excluding carboxylic acids is 4. The van der Waals surface area contributed by atoms with E-state index in [9.17, 15) is 29.4 Å². The van der Waals surface area contributed by atoms with Crippen LogP contribution in [0.4, 0.5) is 0 Å². The van der Waals surface area contributed by atoms with Crippen LogP contribution >= 0.6 is 0 Å². The third-order valence-corrected chi connectivity index (χ3v) is 3.16. The Morgan fingerprint density at radius 2 is 0.914 bits per heavy atom. The number of hydrogen-bond donors (Lipinski definition) is 0. The normalized spacial score (nSPS) is 9.03. The minimum absolute atomic E-state index is 0. The number of aliphatic carboxylic acids is 2. The summed E-state index contributed by atoms with van der Waals surface area (Å²) >= 11 is 0. The number of carboxylic acid groups (broad SMARTS) is 2. The van der Waals surface area contributed by atoms with Crippen LogP contribution in [0.3, 0.4) is 0 Å². The summed E-state index contributed by atoms with van der Waals surface area (Å²) in [4.78, 5) is 41.8. The molecule has 2 rings (SSSR count). The number of carboxylic acids is 2. The summed E-state index contributed by atoms with van der Waals surface area (Å²) < 4.78 is 9.52. The van der Waals surface area contributed by atoms with Gasteiger partial charge in [0.25, 0.3) is 0 Å². The Morgan fingerprint density at radius 1 is 0.629 bits per heavy atom. The fourth-order valence-electron chi connectivity index (χ4n) is 1.83. The van der Waals surface area contributed by atoms with E-state index in [0.29, 0.717) is 12.2 Å². The predicted molar refractivity (Wildman–Crippen MR) is 129 cm³/mol. The predicted octanol–water partition coefficient (Wildman–Crippen LogP) is 1.37. The van der Waals surface area contributed by atoms with Crippen LogP contribution in [0.2, 0.25) is 0 Å². The molecule has 0 bridgehead atoms. The summed E-state index contributed by atoms with van der Waals surface area (Å²) in [6, 6.07) is 18.2. The first kappa shape index (κ1) is 36.2. The van der Waals surface area contributed by atoms with Gasteiger partial charge in [-0.2, -0.15) is 0 Å². The van der Waals surface area contributed by atoms with Crippen molar-refractivity contribution in [1.29, 1.82) is 0 Å². The first-order chi connectivity index (χ1) is 16.4. The van der Waals surface area contributed by atoms with E-state index in [1.54, 1.807) is 38.1 Å². The number of ether oxygens (including phenoxy) is 2. The number of hydrogen-bond acceptors (Lipinski definition) is 8. The van der Waals surface area contributed by atoms with Crippen molar-refractivity contribution in [3.63, 3.8) is 0 Å². The van der Waals surface area contributed by atoms with E-state index in [2.05, 4.69) is 13.8 Å². The van der Waals surface area contributed by atoms with Crippen LogP contribution in [0, 0.1) is 13.8 Å². The molecule has 0 saturated heterocycles. The first-order valence-electron chi connectivity index (χ1n) is 9.97. The van der Waals surface area contributed by atoms with Gasteiger partial charge in [-0.25, -0.2) is 9.59 Å². The topological polar surface area (TPSA) is 133 Å². The van der Waals surface area contributed by atoms with Crippen molar-refractivity contribution in [1.82, 2.24) is 0 Å². The van der Waals surface area contributed by atoms with Gasteiger partial charge in [0.1, 0.15) is 13.2 Å². The SMILES string of the molecule is O=C([O-])/C=C\C(=O)OCc1ccccc1.O=C([O-])/C=C\C(=O)OCc1ccccc1.[CH2]C.[CH2]C.[Sn+2]. The van der Waals surface area contributed by atoms with Gasteiger partial charge in [0.05, 0.1) is 11.9 Å². The minimum atomic E-state index is -1.42. The van der Waals surface area contributed by atoms with Crippen LogP contribution in [0.5, 0.6) is 0 Å². The van der Waals surface area contributed by atoms with Crippen molar-refractivity contribution in [2.75, 3.05) is 0 Å². The molecule has 0 saturated carbocycles. The molecule has 2 aromatic carbocycles. The molecule has 0 atom stereocenters. The van der Waals surface area contributed by atoms with Gasteiger partial charge >= 0.3 is 35.8 Å². The first-order valence-corrected chi connectivity index (χ1v) is 9.97. The van der Waals surface area contributed by atoms with Crippen LogP contribution in [0.15, 0.2) is 85.0 Å². The van der Waals surface area contributed by atoms with Crippen molar-refractivity contribution in [3.05, 3.63) is 110 Å². The maximum atomic E-state index is 10.9. The summed E-state index contributed by atoms with van der Waals surface area (Å²) in [5, 5.41) is 19.9. The van der Waals surface area contributed by atoms with Gasteiger partial charge in [-0.05, 0) is 23.3 Å². The Kier molecular flexibility index (Phi) is 26.1. The number of carbonyl (C=O) groups is 4. The Labute approximate surface area is 223 Å². The molecule has 0 aliphatic rings. The summed E-state index contributed by atoms with van der Waals surface area (Å²) in [6.45, 7) is 10.2. The zero-order valence-corrected chi connectivity index (χ0v) is 22.5. The second-order valence-corrected chi connectivity index (χ2v) is 5.49. The monoisotopic (exact) mass is 588 g/mol. The zero-order chi connectivity index (χ0) is 26.2. The van der Waals surface area contributed by atoms with Crippen LogP contribution in [-0.4, -0.2) is 47.8 Å². The van der Waals surface area contributed by atoms with Gasteiger partial charge in [-0.1, -0.05) is 88.4 Å². The minimum Gasteiger partial charge on any atom is -0.545 e. The van der Waals surface area contributed by atoms with Crippen molar-refractivity contribution >= 4 is 47.8 Å². The number of benzene rings is 2. The molecule has 8 nitrogen and oxygen atoms in total. The van der Waals surface area contributed by atoms with Gasteiger partial charge < -0.3 is 29.3 Å². The van der Waals surface area contributed by atoms with E-state index in [-0.39, 0.29) is 37.1 Å². The van der Waals surface area contributed by atoms with Crippen molar-refractivity contribution in [2.45, 2.75) is 27.1 Å². The van der Waals surface area contributed by atoms with E-state index in [1.807, 2.05) is 36.4 Å². The second kappa shape index (κ2) is 25.2. The molecule has 0 N–H and O–H groups in total. The molecule has 184 valence electrons. The Hall–Kier alpha value is -3.40. The number of rotatable bonds is 8. The van der Waals surface area contributed by atoms with Gasteiger partial charge in [0.2, 0.25) is 0 Å². The average molecular weight is 587 g/mol. The van der Waals surface area contributed by atoms with E-state index in [4.69, 9.17) is 9.47 Å². The molecule has 4 radical (unpaired) electrons. The fourth-order valence-corrected chi connectivity index (χ4v) is 1.83. The molecule has 0 aliphatic heterocycles. The summed E-state index contributed by atoms with van der Waals surface area (Å²) in [5.41, 5.74) is 1.68. The van der Waals surface area contributed by atoms with Gasteiger partial charge in [0, 0.05) is 12.2 Å². The molecule has 0 aliphatic carbocycles. The smallest absolute Gasteiger partial charge is 0.545 e. The fraction of sp³-hybridized carbons (Fsp3) is 0.154. The van der Waals surface area contributed by atoms with Crippen LogP contribution in [0.25, 0.3) is 0 Å². The Balaban J connectivity index is -0.000000499. The molecule has 2 aromatic rings. The Bertz CT molecular complexity index is 819. The van der Waals surface area contributed by atoms with Crippen molar-refractivity contribution < 1.29 is 38.9 Å². The second-order valence-electron chi connectivity index (χ2n) is 5.49. The zero-order valence-electron chi connectivity index (χ0n) is 19.7. The summed E-state index contributed by atoms with van der Waals surface area (Å²) in [7, 11) is 0.